The highest BCUT2D eigenvalue weighted by Gasteiger charge is 2.12. The van der Waals surface area contributed by atoms with Crippen molar-refractivity contribution in [3.8, 4) is 17.2 Å². The number of hydrogen-bond donors (Lipinski definition) is 2. The van der Waals surface area contributed by atoms with Crippen molar-refractivity contribution in [2.45, 2.75) is 12.8 Å². The monoisotopic (exact) mass is 385 g/mol. The average molecular weight is 385 g/mol. The number of hydrogen-bond acceptors (Lipinski definition) is 5. The number of rotatable bonds is 8. The Kier molecular flexibility index (Phi) is 6.84. The van der Waals surface area contributed by atoms with Crippen LogP contribution in [0.4, 0.5) is 16.2 Å². The Morgan fingerprint density at radius 1 is 1.00 bits per heavy atom. The Balaban J connectivity index is 1.42. The molecule has 2 aromatic carbocycles. The zero-order chi connectivity index (χ0) is 19.8. The van der Waals surface area contributed by atoms with Crippen molar-refractivity contribution in [3.63, 3.8) is 0 Å². The van der Waals surface area contributed by atoms with Crippen molar-refractivity contribution in [3.05, 3.63) is 42.5 Å². The molecule has 1 saturated heterocycles. The van der Waals surface area contributed by atoms with Crippen LogP contribution in [0.3, 0.4) is 0 Å². The Bertz CT molecular complexity index is 774. The molecule has 2 amide bonds. The van der Waals surface area contributed by atoms with Crippen molar-refractivity contribution in [1.29, 1.82) is 0 Å². The summed E-state index contributed by atoms with van der Waals surface area (Å²) in [6, 6.07) is 13.1. The Labute approximate surface area is 165 Å². The lowest BCUT2D eigenvalue weighted by molar-refractivity contribution is 0.245. The molecule has 3 rings (SSSR count). The molecule has 7 heteroatoms. The molecule has 0 atom stereocenters. The first kappa shape index (κ1) is 19.7. The van der Waals surface area contributed by atoms with Crippen LogP contribution >= 0.6 is 0 Å². The molecule has 0 radical (unpaired) electrons. The highest BCUT2D eigenvalue weighted by atomic mass is 16.5. The summed E-state index contributed by atoms with van der Waals surface area (Å²) < 4.78 is 16.2. The Morgan fingerprint density at radius 2 is 1.71 bits per heavy atom. The van der Waals surface area contributed by atoms with E-state index in [1.165, 1.54) is 18.5 Å². The van der Waals surface area contributed by atoms with Crippen LogP contribution in [0.5, 0.6) is 17.2 Å². The predicted molar refractivity (Wildman–Crippen MR) is 110 cm³/mol. The molecule has 150 valence electrons. The van der Waals surface area contributed by atoms with Crippen molar-refractivity contribution in [2.24, 2.45) is 0 Å². The minimum atomic E-state index is -0.268. The quantitative estimate of drug-likeness (QED) is 0.681. The van der Waals surface area contributed by atoms with Crippen molar-refractivity contribution < 1.29 is 19.0 Å². The van der Waals surface area contributed by atoms with Gasteiger partial charge in [-0.15, -0.1) is 0 Å². The van der Waals surface area contributed by atoms with Gasteiger partial charge in [-0.2, -0.15) is 0 Å². The fraction of sp³-hybridized carbons (Fsp3) is 0.381. The zero-order valence-electron chi connectivity index (χ0n) is 16.4. The number of carbonyl (C=O) groups is 1. The van der Waals surface area contributed by atoms with Crippen molar-refractivity contribution in [1.82, 2.24) is 5.32 Å². The van der Waals surface area contributed by atoms with E-state index in [1.807, 2.05) is 30.3 Å². The molecule has 2 N–H and O–H groups in total. The van der Waals surface area contributed by atoms with Crippen LogP contribution in [0.2, 0.25) is 0 Å². The van der Waals surface area contributed by atoms with Gasteiger partial charge in [0.15, 0.2) is 11.5 Å². The van der Waals surface area contributed by atoms with Gasteiger partial charge in [0.25, 0.3) is 0 Å². The summed E-state index contributed by atoms with van der Waals surface area (Å²) in [5.74, 6) is 1.71. The van der Waals surface area contributed by atoms with E-state index in [1.54, 1.807) is 26.4 Å². The number of benzene rings is 2. The van der Waals surface area contributed by atoms with Gasteiger partial charge >= 0.3 is 6.03 Å². The first-order valence-electron chi connectivity index (χ1n) is 9.45. The Hall–Kier alpha value is -3.09. The first-order chi connectivity index (χ1) is 13.7. The fourth-order valence-corrected chi connectivity index (χ4v) is 3.20. The van der Waals surface area contributed by atoms with Gasteiger partial charge in [0, 0.05) is 24.5 Å². The maximum atomic E-state index is 12.1. The van der Waals surface area contributed by atoms with Crippen molar-refractivity contribution >= 4 is 17.4 Å². The SMILES string of the molecule is COc1cccc(OCCNC(=O)Nc2ccc(N3CCCC3)cc2)c1OC. The van der Waals surface area contributed by atoms with Crippen LogP contribution in [0.1, 0.15) is 12.8 Å². The first-order valence-corrected chi connectivity index (χ1v) is 9.45. The highest BCUT2D eigenvalue weighted by molar-refractivity contribution is 5.89. The van der Waals surface area contributed by atoms with E-state index in [-0.39, 0.29) is 6.03 Å². The molecule has 0 unspecified atom stereocenters. The number of nitrogens with one attached hydrogen (secondary N) is 2. The molecule has 2 aromatic rings. The van der Waals surface area contributed by atoms with E-state index in [2.05, 4.69) is 15.5 Å². The number of methoxy groups -OCH3 is 2. The number of anilines is 2. The summed E-state index contributed by atoms with van der Waals surface area (Å²) >= 11 is 0. The summed E-state index contributed by atoms with van der Waals surface area (Å²) in [7, 11) is 3.14. The lowest BCUT2D eigenvalue weighted by Crippen LogP contribution is -2.32. The second kappa shape index (κ2) is 9.73. The van der Waals surface area contributed by atoms with Crippen molar-refractivity contribution in [2.75, 3.05) is 50.7 Å². The number of nitrogens with zero attached hydrogens (tertiary/aromatic N) is 1. The molecule has 0 saturated carbocycles. The van der Waals surface area contributed by atoms with Crippen LogP contribution in [0, 0.1) is 0 Å². The summed E-state index contributed by atoms with van der Waals surface area (Å²) in [5.41, 5.74) is 1.96. The second-order valence-electron chi connectivity index (χ2n) is 6.46. The normalized spacial score (nSPS) is 13.1. The Morgan fingerprint density at radius 3 is 2.39 bits per heavy atom. The van der Waals surface area contributed by atoms with Crippen LogP contribution in [0.25, 0.3) is 0 Å². The van der Waals surface area contributed by atoms with Gasteiger partial charge in [0.05, 0.1) is 20.8 Å². The highest BCUT2D eigenvalue weighted by Crippen LogP contribution is 2.36. The number of ether oxygens (including phenoxy) is 3. The number of carbonyl (C=O) groups excluding carboxylic acids is 1. The van der Waals surface area contributed by atoms with E-state index in [0.29, 0.717) is 30.4 Å². The largest absolute Gasteiger partial charge is 0.493 e. The lowest BCUT2D eigenvalue weighted by atomic mass is 10.2. The van der Waals surface area contributed by atoms with Gasteiger partial charge in [0.1, 0.15) is 6.61 Å². The van der Waals surface area contributed by atoms with Gasteiger partial charge in [-0.3, -0.25) is 0 Å². The van der Waals surface area contributed by atoms with Gasteiger partial charge in [0.2, 0.25) is 5.75 Å². The number of para-hydroxylation sites is 1. The van der Waals surface area contributed by atoms with Crippen LogP contribution in [-0.2, 0) is 0 Å². The molecular formula is C21H27N3O4. The van der Waals surface area contributed by atoms with E-state index in [9.17, 15) is 4.79 Å². The van der Waals surface area contributed by atoms with E-state index in [0.717, 1.165) is 18.8 Å². The van der Waals surface area contributed by atoms with Gasteiger partial charge in [-0.1, -0.05) is 6.07 Å². The number of amides is 2. The average Bonchev–Trinajstić information content (AvgIpc) is 3.26. The van der Waals surface area contributed by atoms with Crippen LogP contribution < -0.4 is 29.7 Å². The van der Waals surface area contributed by atoms with Crippen LogP contribution in [-0.4, -0.2) is 46.5 Å². The fourth-order valence-electron chi connectivity index (χ4n) is 3.20. The minimum absolute atomic E-state index is 0.268. The number of urea groups is 1. The smallest absolute Gasteiger partial charge is 0.319 e. The minimum Gasteiger partial charge on any atom is -0.493 e. The van der Waals surface area contributed by atoms with E-state index >= 15 is 0 Å². The van der Waals surface area contributed by atoms with Gasteiger partial charge in [-0.05, 0) is 49.2 Å². The molecule has 1 aliphatic rings. The standard InChI is InChI=1S/C21H27N3O4/c1-26-18-6-5-7-19(20(18)27-2)28-15-12-22-21(25)23-16-8-10-17(11-9-16)24-13-3-4-14-24/h5-11H,3-4,12-15H2,1-2H3,(H2,22,23,25). The molecule has 1 heterocycles. The zero-order valence-corrected chi connectivity index (χ0v) is 16.4. The molecule has 28 heavy (non-hydrogen) atoms. The molecule has 1 aliphatic heterocycles. The maximum Gasteiger partial charge on any atom is 0.319 e. The molecular weight excluding hydrogens is 358 g/mol. The molecule has 0 aliphatic carbocycles. The maximum absolute atomic E-state index is 12.1. The molecule has 0 bridgehead atoms. The molecule has 0 spiro atoms. The summed E-state index contributed by atoms with van der Waals surface area (Å²) in [4.78, 5) is 14.4. The van der Waals surface area contributed by atoms with Gasteiger partial charge in [-0.25, -0.2) is 4.79 Å². The van der Waals surface area contributed by atoms with Crippen LogP contribution in [0.15, 0.2) is 42.5 Å². The summed E-state index contributed by atoms with van der Waals surface area (Å²) in [6.45, 7) is 2.87. The predicted octanol–water partition coefficient (Wildman–Crippen LogP) is 3.50. The van der Waals surface area contributed by atoms with Gasteiger partial charge < -0.3 is 29.7 Å². The molecule has 7 nitrogen and oxygen atoms in total. The van der Waals surface area contributed by atoms with E-state index in [4.69, 9.17) is 14.2 Å². The second-order valence-corrected chi connectivity index (χ2v) is 6.46. The topological polar surface area (TPSA) is 72.1 Å². The van der Waals surface area contributed by atoms with E-state index < -0.39 is 0 Å². The third kappa shape index (κ3) is 5.00. The third-order valence-electron chi connectivity index (χ3n) is 4.61. The summed E-state index contributed by atoms with van der Waals surface area (Å²) in [6.07, 6.45) is 2.48. The molecule has 1 fully saturated rings. The lowest BCUT2D eigenvalue weighted by Gasteiger charge is -2.18. The third-order valence-corrected chi connectivity index (χ3v) is 4.61. The molecule has 0 aromatic heterocycles. The summed E-state index contributed by atoms with van der Waals surface area (Å²) in [5, 5.41) is 5.61.